The van der Waals surface area contributed by atoms with E-state index in [1.165, 1.54) is 13.3 Å². The quantitative estimate of drug-likeness (QED) is 0.177. The van der Waals surface area contributed by atoms with Gasteiger partial charge in [0, 0.05) is 23.2 Å². The summed E-state index contributed by atoms with van der Waals surface area (Å²) < 4.78 is 54.4. The van der Waals surface area contributed by atoms with Crippen LogP contribution in [0.2, 0.25) is 0 Å². The van der Waals surface area contributed by atoms with E-state index in [9.17, 15) is 8.42 Å². The summed E-state index contributed by atoms with van der Waals surface area (Å²) in [5.41, 5.74) is 3.23. The molecule has 1 fully saturated rings. The molecule has 10 nitrogen and oxygen atoms in total. The highest BCUT2D eigenvalue weighted by molar-refractivity contribution is 7.92. The molecule has 2 heterocycles. The van der Waals surface area contributed by atoms with Crippen LogP contribution in [-0.4, -0.2) is 58.2 Å². The Labute approximate surface area is 258 Å². The maximum atomic E-state index is 12.8. The number of methoxy groups -OCH3 is 2. The lowest BCUT2D eigenvalue weighted by molar-refractivity contribution is 0.263. The van der Waals surface area contributed by atoms with Crippen LogP contribution in [0.3, 0.4) is 0 Å². The molecule has 0 radical (unpaired) electrons. The molecule has 0 saturated carbocycles. The number of sulfonamides is 1. The van der Waals surface area contributed by atoms with Crippen molar-refractivity contribution in [1.29, 1.82) is 0 Å². The molecule has 0 N–H and O–H groups in total. The zero-order valence-corrected chi connectivity index (χ0v) is 26.3. The molecule has 11 heteroatoms. The number of ether oxygens (including phenoxy) is 5. The van der Waals surface area contributed by atoms with E-state index in [4.69, 9.17) is 23.7 Å². The third kappa shape index (κ3) is 7.59. The summed E-state index contributed by atoms with van der Waals surface area (Å²) in [6.07, 6.45) is 2.86. The summed E-state index contributed by atoms with van der Waals surface area (Å²) in [5, 5.41) is 0. The van der Waals surface area contributed by atoms with E-state index in [1.807, 2.05) is 36.4 Å². The van der Waals surface area contributed by atoms with Gasteiger partial charge in [0.25, 0.3) is 0 Å². The fraction of sp³-hybridized carbons (Fsp3) is 0.333. The second kappa shape index (κ2) is 13.1. The average Bonchev–Trinajstić information content (AvgIpc) is 3.86. The molecule has 1 saturated heterocycles. The number of hydrogen-bond donors (Lipinski definition) is 0. The van der Waals surface area contributed by atoms with Crippen LogP contribution in [-0.2, 0) is 33.3 Å². The first-order valence-electron chi connectivity index (χ1n) is 14.2. The van der Waals surface area contributed by atoms with E-state index < -0.39 is 10.0 Å². The Kier molecular flexibility index (Phi) is 9.26. The van der Waals surface area contributed by atoms with Gasteiger partial charge in [-0.15, -0.1) is 0 Å². The van der Waals surface area contributed by atoms with Gasteiger partial charge in [-0.25, -0.2) is 22.7 Å². The molecule has 1 aromatic heterocycles. The van der Waals surface area contributed by atoms with Gasteiger partial charge in [-0.1, -0.05) is 38.1 Å². The minimum Gasteiger partial charge on any atom is -0.497 e. The first-order valence-corrected chi connectivity index (χ1v) is 16.0. The van der Waals surface area contributed by atoms with Crippen molar-refractivity contribution in [2.75, 3.05) is 38.0 Å². The van der Waals surface area contributed by atoms with E-state index >= 15 is 0 Å². The lowest BCUT2D eigenvalue weighted by Gasteiger charge is -2.26. The Morgan fingerprint density at radius 1 is 0.886 bits per heavy atom. The van der Waals surface area contributed by atoms with E-state index in [0.717, 1.165) is 34.0 Å². The van der Waals surface area contributed by atoms with E-state index in [0.29, 0.717) is 35.1 Å². The lowest BCUT2D eigenvalue weighted by Crippen LogP contribution is -2.31. The van der Waals surface area contributed by atoms with Gasteiger partial charge in [0.1, 0.15) is 42.3 Å². The van der Waals surface area contributed by atoms with Gasteiger partial charge >= 0.3 is 0 Å². The van der Waals surface area contributed by atoms with Crippen molar-refractivity contribution in [3.63, 3.8) is 0 Å². The number of hydrogen-bond acceptors (Lipinski definition) is 9. The van der Waals surface area contributed by atoms with Crippen molar-refractivity contribution >= 4 is 16.0 Å². The monoisotopic (exact) mass is 619 g/mol. The first-order chi connectivity index (χ1) is 21.1. The Hall–Kier alpha value is -4.35. The van der Waals surface area contributed by atoms with Gasteiger partial charge in [0.15, 0.2) is 0 Å². The lowest BCUT2D eigenvalue weighted by atomic mass is 9.78. The Bertz CT molecular complexity index is 1670. The van der Waals surface area contributed by atoms with E-state index in [-0.39, 0.29) is 30.6 Å². The molecule has 44 heavy (non-hydrogen) atoms. The number of anilines is 1. The Morgan fingerprint density at radius 2 is 1.50 bits per heavy atom. The van der Waals surface area contributed by atoms with Crippen LogP contribution in [0.4, 0.5) is 5.95 Å². The van der Waals surface area contributed by atoms with Gasteiger partial charge in [0.05, 0.1) is 39.3 Å². The number of aromatic nitrogens is 2. The van der Waals surface area contributed by atoms with Crippen LogP contribution >= 0.6 is 0 Å². The van der Waals surface area contributed by atoms with Gasteiger partial charge in [0.2, 0.25) is 16.0 Å². The molecule has 1 unspecified atom stereocenters. The highest BCUT2D eigenvalue weighted by atomic mass is 32.2. The number of epoxide rings is 1. The molecule has 1 aliphatic rings. The van der Waals surface area contributed by atoms with Crippen LogP contribution in [0.15, 0.2) is 79.0 Å². The second-order valence-corrected chi connectivity index (χ2v) is 12.9. The molecule has 232 valence electrons. The predicted molar refractivity (Wildman–Crippen MR) is 167 cm³/mol. The summed E-state index contributed by atoms with van der Waals surface area (Å²) in [7, 11) is -0.649. The maximum absolute atomic E-state index is 12.8. The molecule has 0 aliphatic carbocycles. The largest absolute Gasteiger partial charge is 0.497 e. The van der Waals surface area contributed by atoms with Gasteiger partial charge in [-0.2, -0.15) is 0 Å². The zero-order valence-electron chi connectivity index (χ0n) is 25.5. The Balaban J connectivity index is 1.25. The van der Waals surface area contributed by atoms with Crippen molar-refractivity contribution < 1.29 is 32.1 Å². The highest BCUT2D eigenvalue weighted by Gasteiger charge is 2.25. The van der Waals surface area contributed by atoms with Gasteiger partial charge < -0.3 is 23.7 Å². The van der Waals surface area contributed by atoms with Gasteiger partial charge in [-0.3, -0.25) is 0 Å². The zero-order chi connectivity index (χ0) is 31.3. The third-order valence-electron chi connectivity index (χ3n) is 7.51. The summed E-state index contributed by atoms with van der Waals surface area (Å²) in [6, 6.07) is 23.0. The first kappa shape index (κ1) is 31.1. The fourth-order valence-corrected chi connectivity index (χ4v) is 5.43. The molecular weight excluding hydrogens is 582 g/mol. The molecule has 1 aliphatic heterocycles. The molecule has 0 amide bonds. The number of nitrogens with zero attached hydrogens (tertiary/aromatic N) is 3. The highest BCUT2D eigenvalue weighted by Crippen LogP contribution is 2.34. The third-order valence-corrected chi connectivity index (χ3v) is 8.60. The second-order valence-electron chi connectivity index (χ2n) is 11.0. The van der Waals surface area contributed by atoms with Crippen LogP contribution in [0.1, 0.15) is 36.2 Å². The topological polar surface area (TPSA) is 113 Å². The van der Waals surface area contributed by atoms with Crippen LogP contribution < -0.4 is 23.3 Å². The average molecular weight is 620 g/mol. The molecule has 0 bridgehead atoms. The molecule has 3 aromatic carbocycles. The van der Waals surface area contributed by atoms with Crippen molar-refractivity contribution in [3.8, 4) is 23.0 Å². The molecule has 1 atom stereocenters. The maximum Gasteiger partial charge on any atom is 0.239 e. The van der Waals surface area contributed by atoms with Crippen LogP contribution in [0.5, 0.6) is 23.0 Å². The van der Waals surface area contributed by atoms with Crippen molar-refractivity contribution in [3.05, 3.63) is 101 Å². The standard InChI is InChI=1S/C33H37N3O7S/c1-33(2,25-9-14-28(15-10-25)42-21-30-22-43-30)24-7-12-27(13-8-24)41-20-26-16-17-34-32(35-26)36(44(5,37)38)19-23-6-11-29(39-3)18-31(23)40-4/h6-18,30H,19-22H2,1-5H3. The van der Waals surface area contributed by atoms with Crippen molar-refractivity contribution in [2.45, 2.75) is 38.5 Å². The van der Waals surface area contributed by atoms with E-state index in [2.05, 4.69) is 35.9 Å². The minimum absolute atomic E-state index is 0.0151. The van der Waals surface area contributed by atoms with Crippen molar-refractivity contribution in [1.82, 2.24) is 9.97 Å². The number of benzene rings is 3. The Morgan fingerprint density at radius 3 is 2.07 bits per heavy atom. The summed E-state index contributed by atoms with van der Waals surface area (Å²) in [6.45, 7) is 5.82. The summed E-state index contributed by atoms with van der Waals surface area (Å²) in [5.74, 6) is 2.63. The van der Waals surface area contributed by atoms with E-state index in [1.54, 1.807) is 31.4 Å². The normalized spacial score (nSPS) is 14.5. The van der Waals surface area contributed by atoms with Crippen LogP contribution in [0.25, 0.3) is 0 Å². The smallest absolute Gasteiger partial charge is 0.239 e. The summed E-state index contributed by atoms with van der Waals surface area (Å²) >= 11 is 0. The predicted octanol–water partition coefficient (Wildman–Crippen LogP) is 5.14. The summed E-state index contributed by atoms with van der Waals surface area (Å²) in [4.78, 5) is 8.74. The van der Waals surface area contributed by atoms with Crippen LogP contribution in [0, 0.1) is 0 Å². The molecular formula is C33H37N3O7S. The number of rotatable bonds is 14. The molecule has 0 spiro atoms. The fourth-order valence-electron chi connectivity index (χ4n) is 4.67. The molecule has 5 rings (SSSR count). The van der Waals surface area contributed by atoms with Crippen molar-refractivity contribution in [2.24, 2.45) is 0 Å². The van der Waals surface area contributed by atoms with Gasteiger partial charge in [-0.05, 0) is 53.6 Å². The molecule has 4 aromatic rings. The SMILES string of the molecule is COc1ccc(CN(c2nccc(COc3ccc(C(C)(C)c4ccc(OCC5CO5)cc4)cc3)n2)S(C)(=O)=O)c(OC)c1. The minimum atomic E-state index is -3.72.